The average Bonchev–Trinajstić information content (AvgIpc) is 2.60. The first-order chi connectivity index (χ1) is 12.7. The van der Waals surface area contributed by atoms with Gasteiger partial charge in [-0.3, -0.25) is 4.72 Å². The zero-order chi connectivity index (χ0) is 19.7. The number of nitrogen functional groups attached to an aromatic ring is 1. The molecule has 28 heavy (non-hydrogen) atoms. The Morgan fingerprint density at radius 3 is 2.21 bits per heavy atom. The number of fused-ring (bicyclic) bond motifs is 1. The van der Waals surface area contributed by atoms with Gasteiger partial charge in [0.25, 0.3) is 0 Å². The summed E-state index contributed by atoms with van der Waals surface area (Å²) in [6, 6.07) is 16.6. The van der Waals surface area contributed by atoms with Crippen molar-refractivity contribution in [3.8, 4) is 0 Å². The molecule has 0 bridgehead atoms. The molecule has 3 aromatic carbocycles. The lowest BCUT2D eigenvalue weighted by molar-refractivity contribution is 0.582. The molecule has 3 aromatic rings. The van der Waals surface area contributed by atoms with E-state index in [0.29, 0.717) is 27.7 Å². The van der Waals surface area contributed by atoms with Crippen LogP contribution in [0.4, 0.5) is 11.4 Å². The number of nitrogens with one attached hydrogen (secondary N) is 2. The van der Waals surface area contributed by atoms with Gasteiger partial charge in [-0.2, -0.15) is 0 Å². The summed E-state index contributed by atoms with van der Waals surface area (Å²) < 4.78 is 53.6. The zero-order valence-electron chi connectivity index (χ0n) is 14.9. The molecule has 0 unspecified atom stereocenters. The van der Waals surface area contributed by atoms with Crippen LogP contribution in [0.2, 0.25) is 0 Å². The van der Waals surface area contributed by atoms with Crippen LogP contribution in [0.1, 0.15) is 5.56 Å². The second-order valence-electron chi connectivity index (χ2n) is 6.05. The molecular weight excluding hydrogens is 422 g/mol. The third kappa shape index (κ3) is 4.93. The van der Waals surface area contributed by atoms with Crippen molar-refractivity contribution in [2.24, 2.45) is 0 Å². The van der Waals surface area contributed by atoms with E-state index in [1.165, 1.54) is 6.07 Å². The van der Waals surface area contributed by atoms with Crippen LogP contribution in [-0.4, -0.2) is 23.1 Å². The zero-order valence-corrected chi connectivity index (χ0v) is 17.4. The minimum absolute atomic E-state index is 0. The number of sulfonamides is 2. The van der Waals surface area contributed by atoms with Crippen molar-refractivity contribution < 1.29 is 16.8 Å². The Morgan fingerprint density at radius 2 is 1.50 bits per heavy atom. The molecule has 0 radical (unpaired) electrons. The molecule has 7 nitrogen and oxygen atoms in total. The fourth-order valence-electron chi connectivity index (χ4n) is 2.76. The molecule has 0 aliphatic rings. The number of rotatable bonds is 6. The van der Waals surface area contributed by atoms with Crippen LogP contribution in [0.25, 0.3) is 10.8 Å². The molecule has 0 heterocycles. The molecule has 0 saturated heterocycles. The number of hydrogen-bond acceptors (Lipinski definition) is 5. The van der Waals surface area contributed by atoms with E-state index in [2.05, 4.69) is 9.44 Å². The summed E-state index contributed by atoms with van der Waals surface area (Å²) in [7, 11) is -7.33. The van der Waals surface area contributed by atoms with Crippen molar-refractivity contribution in [3.63, 3.8) is 0 Å². The number of anilines is 2. The molecule has 0 fully saturated rings. The van der Waals surface area contributed by atoms with Gasteiger partial charge in [0.15, 0.2) is 0 Å². The van der Waals surface area contributed by atoms with Crippen LogP contribution in [0.5, 0.6) is 0 Å². The molecule has 0 aromatic heterocycles. The van der Waals surface area contributed by atoms with Crippen molar-refractivity contribution in [2.75, 3.05) is 16.7 Å². The lowest BCUT2D eigenvalue weighted by Gasteiger charge is -2.13. The Hall–Kier alpha value is -2.33. The van der Waals surface area contributed by atoms with Gasteiger partial charge >= 0.3 is 0 Å². The highest BCUT2D eigenvalue weighted by atomic mass is 35.5. The monoisotopic (exact) mass is 441 g/mol. The fraction of sp³-hybridized carbons (Fsp3) is 0.111. The van der Waals surface area contributed by atoms with Gasteiger partial charge in [0, 0.05) is 23.0 Å². The van der Waals surface area contributed by atoms with Crippen molar-refractivity contribution >= 4 is 54.6 Å². The maximum Gasteiger partial charge on any atom is 0.241 e. The summed E-state index contributed by atoms with van der Waals surface area (Å²) >= 11 is 0. The van der Waals surface area contributed by atoms with Gasteiger partial charge in [-0.25, -0.2) is 21.6 Å². The maximum absolute atomic E-state index is 12.8. The highest BCUT2D eigenvalue weighted by Gasteiger charge is 2.18. The first kappa shape index (κ1) is 22.0. The van der Waals surface area contributed by atoms with Crippen molar-refractivity contribution in [1.29, 1.82) is 0 Å². The largest absolute Gasteiger partial charge is 0.398 e. The van der Waals surface area contributed by atoms with E-state index >= 15 is 0 Å². The predicted molar refractivity (Wildman–Crippen MR) is 115 cm³/mol. The smallest absolute Gasteiger partial charge is 0.241 e. The molecule has 0 amide bonds. The van der Waals surface area contributed by atoms with E-state index in [1.54, 1.807) is 54.6 Å². The van der Waals surface area contributed by atoms with Crippen molar-refractivity contribution in [2.45, 2.75) is 11.4 Å². The van der Waals surface area contributed by atoms with Crippen LogP contribution in [0.3, 0.4) is 0 Å². The standard InChI is InChI=1S/C18H19N3O4S2.ClH/c1-26(22,23)21-17-10-3-2-6-13(17)12-20-27(24,25)18-11-5-7-14-15(18)8-4-9-16(14)19;/h2-11,20-21H,12,19H2,1H3;1H. The third-order valence-electron chi connectivity index (χ3n) is 3.97. The number of nitrogens with two attached hydrogens (primary N) is 1. The summed E-state index contributed by atoms with van der Waals surface area (Å²) in [6.45, 7) is -0.0697. The minimum Gasteiger partial charge on any atom is -0.398 e. The first-order valence-corrected chi connectivity index (χ1v) is 11.4. The molecule has 0 aliphatic carbocycles. The second kappa shape index (κ2) is 8.36. The summed E-state index contributed by atoms with van der Waals surface area (Å²) in [4.78, 5) is 0.112. The van der Waals surface area contributed by atoms with Gasteiger partial charge in [-0.1, -0.05) is 42.5 Å². The maximum atomic E-state index is 12.8. The highest BCUT2D eigenvalue weighted by molar-refractivity contribution is 7.92. The number of para-hydroxylation sites is 1. The quantitative estimate of drug-likeness (QED) is 0.508. The Kier molecular flexibility index (Phi) is 6.56. The lowest BCUT2D eigenvalue weighted by atomic mass is 10.1. The Balaban J connectivity index is 0.00000280. The van der Waals surface area contributed by atoms with Crippen LogP contribution in [0, 0.1) is 0 Å². The highest BCUT2D eigenvalue weighted by Crippen LogP contribution is 2.27. The predicted octanol–water partition coefficient (Wildman–Crippen LogP) is 2.69. The topological polar surface area (TPSA) is 118 Å². The molecule has 0 saturated carbocycles. The van der Waals surface area contributed by atoms with Crippen LogP contribution in [-0.2, 0) is 26.6 Å². The molecule has 3 rings (SSSR count). The Morgan fingerprint density at radius 1 is 0.857 bits per heavy atom. The minimum atomic E-state index is -3.85. The van der Waals surface area contributed by atoms with E-state index in [1.807, 2.05) is 0 Å². The lowest BCUT2D eigenvalue weighted by Crippen LogP contribution is -2.24. The van der Waals surface area contributed by atoms with Crippen LogP contribution in [0.15, 0.2) is 65.6 Å². The summed E-state index contributed by atoms with van der Waals surface area (Å²) in [5.74, 6) is 0. The molecule has 150 valence electrons. The third-order valence-corrected chi connectivity index (χ3v) is 6.02. The summed E-state index contributed by atoms with van der Waals surface area (Å²) in [6.07, 6.45) is 1.04. The average molecular weight is 442 g/mol. The second-order valence-corrected chi connectivity index (χ2v) is 9.54. The van der Waals surface area contributed by atoms with Crippen molar-refractivity contribution in [1.82, 2.24) is 4.72 Å². The Bertz CT molecular complexity index is 1210. The van der Waals surface area contributed by atoms with E-state index in [-0.39, 0.29) is 23.8 Å². The van der Waals surface area contributed by atoms with E-state index in [9.17, 15) is 16.8 Å². The molecule has 0 spiro atoms. The summed E-state index contributed by atoms with van der Waals surface area (Å²) in [5.41, 5.74) is 7.25. The van der Waals surface area contributed by atoms with Gasteiger partial charge in [-0.15, -0.1) is 12.4 Å². The van der Waals surface area contributed by atoms with E-state index in [0.717, 1.165) is 6.26 Å². The first-order valence-electron chi connectivity index (χ1n) is 8.00. The molecule has 0 aliphatic heterocycles. The number of halogens is 1. The molecule has 0 atom stereocenters. The molecular formula is C18H20ClN3O4S2. The summed E-state index contributed by atoms with van der Waals surface area (Å²) in [5, 5.41) is 1.17. The van der Waals surface area contributed by atoms with Gasteiger partial charge in [0.2, 0.25) is 20.0 Å². The van der Waals surface area contributed by atoms with Gasteiger partial charge in [-0.05, 0) is 23.8 Å². The number of benzene rings is 3. The van der Waals surface area contributed by atoms with Gasteiger partial charge < -0.3 is 5.73 Å². The van der Waals surface area contributed by atoms with Gasteiger partial charge in [0.1, 0.15) is 0 Å². The van der Waals surface area contributed by atoms with Gasteiger partial charge in [0.05, 0.1) is 16.8 Å². The normalized spacial score (nSPS) is 11.8. The van der Waals surface area contributed by atoms with E-state index < -0.39 is 20.0 Å². The van der Waals surface area contributed by atoms with Crippen LogP contribution >= 0.6 is 12.4 Å². The molecule has 10 heteroatoms. The fourth-order valence-corrected chi connectivity index (χ4v) is 4.59. The van der Waals surface area contributed by atoms with Crippen molar-refractivity contribution in [3.05, 3.63) is 66.2 Å². The van der Waals surface area contributed by atoms with Crippen LogP contribution < -0.4 is 15.2 Å². The SMILES string of the molecule is CS(=O)(=O)Nc1ccccc1CNS(=O)(=O)c1cccc2c(N)cccc12.Cl. The van der Waals surface area contributed by atoms with E-state index in [4.69, 9.17) is 5.73 Å². The molecule has 4 N–H and O–H groups in total. The number of hydrogen-bond donors (Lipinski definition) is 3. The Labute approximate surface area is 170 Å².